The van der Waals surface area contributed by atoms with Crippen LogP contribution in [0, 0.1) is 0 Å². The van der Waals surface area contributed by atoms with E-state index in [0.717, 1.165) is 13.0 Å². The second-order valence-electron chi connectivity index (χ2n) is 5.24. The predicted molar refractivity (Wildman–Crippen MR) is 80.4 cm³/mol. The van der Waals surface area contributed by atoms with Crippen molar-refractivity contribution in [2.24, 2.45) is 0 Å². The molecule has 2 N–H and O–H groups in total. The molecule has 0 amide bonds. The molecule has 0 spiro atoms. The van der Waals surface area contributed by atoms with Crippen LogP contribution in [-0.4, -0.2) is 48.7 Å². The lowest BCUT2D eigenvalue weighted by Gasteiger charge is -2.19. The maximum Gasteiger partial charge on any atom is 0.340 e. The van der Waals surface area contributed by atoms with Gasteiger partial charge in [-0.15, -0.1) is 0 Å². The van der Waals surface area contributed by atoms with Gasteiger partial charge >= 0.3 is 5.97 Å². The van der Waals surface area contributed by atoms with Crippen LogP contribution in [0.2, 0.25) is 0 Å². The molecule has 1 saturated heterocycles. The number of nitrogens with two attached hydrogens (primary N) is 1. The number of nitrogen functional groups attached to an aromatic ring is 1. The number of likely N-dealkylation sites (tertiary alicyclic amines) is 1. The van der Waals surface area contributed by atoms with Crippen molar-refractivity contribution in [3.8, 4) is 5.88 Å². The zero-order valence-electron chi connectivity index (χ0n) is 12.7. The molecule has 116 valence electrons. The second kappa shape index (κ2) is 7.26. The normalized spacial score (nSPS) is 18.7. The van der Waals surface area contributed by atoms with Gasteiger partial charge in [-0.2, -0.15) is 0 Å². The third-order valence-corrected chi connectivity index (χ3v) is 3.78. The van der Waals surface area contributed by atoms with Gasteiger partial charge in [0.15, 0.2) is 0 Å². The van der Waals surface area contributed by atoms with E-state index in [1.165, 1.54) is 19.0 Å². The van der Waals surface area contributed by atoms with Crippen molar-refractivity contribution in [3.05, 3.63) is 17.8 Å². The summed E-state index contributed by atoms with van der Waals surface area (Å²) in [6, 6.07) is 2.12. The van der Waals surface area contributed by atoms with Crippen LogP contribution in [0.3, 0.4) is 0 Å². The molecule has 1 fully saturated rings. The zero-order valence-corrected chi connectivity index (χ0v) is 12.7. The van der Waals surface area contributed by atoms with Gasteiger partial charge in [0.25, 0.3) is 0 Å². The number of hydrogen-bond donors (Lipinski definition) is 1. The molecule has 0 aliphatic carbocycles. The van der Waals surface area contributed by atoms with E-state index in [2.05, 4.69) is 16.9 Å². The smallest absolute Gasteiger partial charge is 0.340 e. The quantitative estimate of drug-likeness (QED) is 0.804. The minimum Gasteiger partial charge on any atom is -0.478 e. The molecule has 2 rings (SSSR count). The fraction of sp³-hybridized carbons (Fsp3) is 0.600. The van der Waals surface area contributed by atoms with Crippen molar-refractivity contribution in [2.75, 3.05) is 32.5 Å². The fourth-order valence-electron chi connectivity index (χ4n) is 2.55. The number of esters is 1. The summed E-state index contributed by atoms with van der Waals surface area (Å²) in [5, 5.41) is 0. The number of anilines is 1. The number of rotatable bonds is 6. The van der Waals surface area contributed by atoms with E-state index >= 15 is 0 Å². The molecule has 1 aromatic rings. The summed E-state index contributed by atoms with van der Waals surface area (Å²) in [6.07, 6.45) is 4.85. The van der Waals surface area contributed by atoms with Gasteiger partial charge in [0.2, 0.25) is 5.88 Å². The van der Waals surface area contributed by atoms with Crippen molar-refractivity contribution < 1.29 is 14.3 Å². The predicted octanol–water partition coefficient (Wildman–Crippen LogP) is 1.70. The summed E-state index contributed by atoms with van der Waals surface area (Å²) in [6.45, 7) is 3.79. The number of nitrogens with zero attached hydrogens (tertiary/aromatic N) is 2. The molecule has 0 aromatic carbocycles. The first kappa shape index (κ1) is 15.6. The summed E-state index contributed by atoms with van der Waals surface area (Å²) >= 11 is 0. The Morgan fingerprint density at radius 3 is 3.05 bits per heavy atom. The molecule has 2 heterocycles. The van der Waals surface area contributed by atoms with E-state index in [9.17, 15) is 4.79 Å². The molecule has 21 heavy (non-hydrogen) atoms. The summed E-state index contributed by atoms with van der Waals surface area (Å²) in [7, 11) is 2.14. The van der Waals surface area contributed by atoms with Gasteiger partial charge in [-0.25, -0.2) is 9.78 Å². The number of ether oxygens (including phenoxy) is 2. The highest BCUT2D eigenvalue weighted by atomic mass is 16.5. The molecule has 1 aliphatic heterocycles. The van der Waals surface area contributed by atoms with E-state index in [-0.39, 0.29) is 0 Å². The van der Waals surface area contributed by atoms with Gasteiger partial charge in [0.05, 0.1) is 30.7 Å². The molecule has 0 saturated carbocycles. The van der Waals surface area contributed by atoms with Gasteiger partial charge in [-0.1, -0.05) is 0 Å². The molecule has 0 bridgehead atoms. The Kier molecular flexibility index (Phi) is 5.38. The lowest BCUT2D eigenvalue weighted by Crippen LogP contribution is -2.26. The number of carbonyl (C=O) groups is 1. The summed E-state index contributed by atoms with van der Waals surface area (Å²) in [5.74, 6) is -0.0364. The topological polar surface area (TPSA) is 77.7 Å². The Bertz CT molecular complexity index is 493. The molecular weight excluding hydrogens is 270 g/mol. The summed E-state index contributed by atoms with van der Waals surface area (Å²) in [5.41, 5.74) is 6.35. The largest absolute Gasteiger partial charge is 0.478 e. The van der Waals surface area contributed by atoms with E-state index in [0.29, 0.717) is 36.4 Å². The number of pyridine rings is 1. The molecule has 6 heteroatoms. The minimum atomic E-state index is -0.447. The first-order chi connectivity index (χ1) is 10.1. The monoisotopic (exact) mass is 293 g/mol. The third-order valence-electron chi connectivity index (χ3n) is 3.78. The van der Waals surface area contributed by atoms with Crippen LogP contribution in [0.4, 0.5) is 5.69 Å². The average molecular weight is 293 g/mol. The maximum absolute atomic E-state index is 11.8. The van der Waals surface area contributed by atoms with E-state index in [1.807, 2.05) is 0 Å². The fourth-order valence-corrected chi connectivity index (χ4v) is 2.55. The van der Waals surface area contributed by atoms with Crippen molar-refractivity contribution in [2.45, 2.75) is 32.2 Å². The SMILES string of the molecule is CCOC(=O)c1cc(OCCC2CCCN2C)ncc1N. The van der Waals surface area contributed by atoms with Gasteiger partial charge < -0.3 is 20.1 Å². The standard InChI is InChI=1S/C15H23N3O3/c1-3-20-15(19)12-9-14(17-10-13(12)16)21-8-6-11-5-4-7-18(11)2/h9-11H,3-8,16H2,1-2H3. The van der Waals surface area contributed by atoms with Crippen molar-refractivity contribution in [1.29, 1.82) is 0 Å². The maximum atomic E-state index is 11.8. The summed E-state index contributed by atoms with van der Waals surface area (Å²) < 4.78 is 10.6. The van der Waals surface area contributed by atoms with E-state index in [4.69, 9.17) is 15.2 Å². The molecule has 1 aliphatic rings. The minimum absolute atomic E-state index is 0.302. The Balaban J connectivity index is 1.91. The lowest BCUT2D eigenvalue weighted by molar-refractivity contribution is 0.0527. The van der Waals surface area contributed by atoms with Crippen LogP contribution in [-0.2, 0) is 4.74 Å². The van der Waals surface area contributed by atoms with Crippen LogP contribution >= 0.6 is 0 Å². The van der Waals surface area contributed by atoms with Crippen molar-refractivity contribution in [3.63, 3.8) is 0 Å². The van der Waals surface area contributed by atoms with Crippen LogP contribution < -0.4 is 10.5 Å². The first-order valence-electron chi connectivity index (χ1n) is 7.37. The Hall–Kier alpha value is -1.82. The van der Waals surface area contributed by atoms with Gasteiger partial charge in [-0.05, 0) is 39.8 Å². The molecule has 1 aromatic heterocycles. The van der Waals surface area contributed by atoms with Crippen LogP contribution in [0.15, 0.2) is 12.3 Å². The molecule has 1 atom stereocenters. The molecule has 1 unspecified atom stereocenters. The van der Waals surface area contributed by atoms with Gasteiger partial charge in [0.1, 0.15) is 0 Å². The second-order valence-corrected chi connectivity index (χ2v) is 5.24. The first-order valence-corrected chi connectivity index (χ1v) is 7.37. The highest BCUT2D eigenvalue weighted by Gasteiger charge is 2.20. The molecule has 0 radical (unpaired) electrons. The van der Waals surface area contributed by atoms with E-state index in [1.54, 1.807) is 13.0 Å². The lowest BCUT2D eigenvalue weighted by atomic mass is 10.1. The Labute approximate surface area is 125 Å². The van der Waals surface area contributed by atoms with Crippen LogP contribution in [0.5, 0.6) is 5.88 Å². The number of aromatic nitrogens is 1. The highest BCUT2D eigenvalue weighted by molar-refractivity contribution is 5.95. The summed E-state index contributed by atoms with van der Waals surface area (Å²) in [4.78, 5) is 18.2. The molecular formula is C15H23N3O3. The third kappa shape index (κ3) is 4.07. The van der Waals surface area contributed by atoms with Gasteiger partial charge in [-0.3, -0.25) is 0 Å². The van der Waals surface area contributed by atoms with Crippen molar-refractivity contribution >= 4 is 11.7 Å². The average Bonchev–Trinajstić information content (AvgIpc) is 2.86. The van der Waals surface area contributed by atoms with Crippen molar-refractivity contribution in [1.82, 2.24) is 9.88 Å². The van der Waals surface area contributed by atoms with Gasteiger partial charge in [0, 0.05) is 12.1 Å². The Morgan fingerprint density at radius 2 is 2.38 bits per heavy atom. The number of carbonyl (C=O) groups excluding carboxylic acids is 1. The number of hydrogen-bond acceptors (Lipinski definition) is 6. The van der Waals surface area contributed by atoms with Crippen LogP contribution in [0.25, 0.3) is 0 Å². The zero-order chi connectivity index (χ0) is 15.2. The van der Waals surface area contributed by atoms with Crippen LogP contribution in [0.1, 0.15) is 36.5 Å². The highest BCUT2D eigenvalue weighted by Crippen LogP contribution is 2.20. The Morgan fingerprint density at radius 1 is 1.57 bits per heavy atom. The van der Waals surface area contributed by atoms with E-state index < -0.39 is 5.97 Å². The molecule has 6 nitrogen and oxygen atoms in total.